The van der Waals surface area contributed by atoms with Gasteiger partial charge in [-0.3, -0.25) is 10.1 Å². The first kappa shape index (κ1) is 10.9. The second kappa shape index (κ2) is 4.33. The summed E-state index contributed by atoms with van der Waals surface area (Å²) in [5, 5.41) is 18.9. The second-order valence-corrected chi connectivity index (χ2v) is 2.89. The van der Waals surface area contributed by atoms with E-state index in [1.54, 1.807) is 6.07 Å². The third-order valence-electron chi connectivity index (χ3n) is 1.77. The third-order valence-corrected chi connectivity index (χ3v) is 1.77. The van der Waals surface area contributed by atoms with Gasteiger partial charge in [0.25, 0.3) is 0 Å². The molecule has 0 N–H and O–H groups in total. The Morgan fingerprint density at radius 2 is 2.33 bits per heavy atom. The summed E-state index contributed by atoms with van der Waals surface area (Å²) in [4.78, 5) is 9.78. The van der Waals surface area contributed by atoms with Gasteiger partial charge < -0.3 is 0 Å². The van der Waals surface area contributed by atoms with Crippen molar-refractivity contribution in [3.63, 3.8) is 0 Å². The molecular weight excluding hydrogens is 199 g/mol. The fourth-order valence-corrected chi connectivity index (χ4v) is 1.01. The van der Waals surface area contributed by atoms with Gasteiger partial charge in [0.05, 0.1) is 10.5 Å². The zero-order chi connectivity index (χ0) is 11.4. The lowest BCUT2D eigenvalue weighted by molar-refractivity contribution is -0.422. The largest absolute Gasteiger partial charge is 0.259 e. The van der Waals surface area contributed by atoms with Crippen molar-refractivity contribution < 1.29 is 9.31 Å². The van der Waals surface area contributed by atoms with Gasteiger partial charge in [0.15, 0.2) is 0 Å². The van der Waals surface area contributed by atoms with Gasteiger partial charge >= 0.3 is 0 Å². The molecule has 76 valence electrons. The standard InChI is InChI=1S/C10H7FN2O2/c1-7(13(14)15)4-8-2-3-10(11)9(5-8)6-12/h2-5H,1H3/b7-4-. The average Bonchev–Trinajstić information content (AvgIpc) is 2.20. The van der Waals surface area contributed by atoms with Crippen LogP contribution in [0.1, 0.15) is 18.1 Å². The number of halogens is 1. The van der Waals surface area contributed by atoms with Gasteiger partial charge in [-0.05, 0) is 17.7 Å². The summed E-state index contributed by atoms with van der Waals surface area (Å²) in [5.41, 5.74) is 0.243. The number of nitrogens with zero attached hydrogens (tertiary/aromatic N) is 2. The lowest BCUT2D eigenvalue weighted by Crippen LogP contribution is -1.93. The molecule has 0 amide bonds. The molecule has 0 spiro atoms. The van der Waals surface area contributed by atoms with Crippen molar-refractivity contribution in [1.82, 2.24) is 0 Å². The molecular formula is C10H7FN2O2. The monoisotopic (exact) mass is 206 g/mol. The van der Waals surface area contributed by atoms with Crippen LogP contribution in [0.25, 0.3) is 6.08 Å². The number of rotatable bonds is 2. The fraction of sp³-hybridized carbons (Fsp3) is 0.100. The Balaban J connectivity index is 3.14. The highest BCUT2D eigenvalue weighted by Crippen LogP contribution is 2.12. The van der Waals surface area contributed by atoms with E-state index in [0.717, 1.165) is 6.07 Å². The summed E-state index contributed by atoms with van der Waals surface area (Å²) in [6, 6.07) is 5.42. The molecule has 0 aliphatic carbocycles. The minimum atomic E-state index is -0.631. The SMILES string of the molecule is C/C(=C/c1ccc(F)c(C#N)c1)[N+](=O)[O-]. The summed E-state index contributed by atoms with van der Waals surface area (Å²) >= 11 is 0. The van der Waals surface area contributed by atoms with Crippen molar-refractivity contribution in [2.75, 3.05) is 0 Å². The van der Waals surface area contributed by atoms with Gasteiger partial charge in [-0.25, -0.2) is 4.39 Å². The quantitative estimate of drug-likeness (QED) is 0.550. The lowest BCUT2D eigenvalue weighted by Gasteiger charge is -1.96. The molecule has 0 fully saturated rings. The molecule has 5 heteroatoms. The van der Waals surface area contributed by atoms with E-state index < -0.39 is 10.7 Å². The Morgan fingerprint density at radius 3 is 2.87 bits per heavy atom. The van der Waals surface area contributed by atoms with Crippen molar-refractivity contribution in [2.24, 2.45) is 0 Å². The maximum Gasteiger partial charge on any atom is 0.243 e. The molecule has 0 atom stereocenters. The second-order valence-electron chi connectivity index (χ2n) is 2.89. The van der Waals surface area contributed by atoms with Gasteiger partial charge in [0, 0.05) is 13.0 Å². The van der Waals surface area contributed by atoms with E-state index >= 15 is 0 Å². The summed E-state index contributed by atoms with van der Waals surface area (Å²) in [6.07, 6.45) is 1.28. The summed E-state index contributed by atoms with van der Waals surface area (Å²) in [5.74, 6) is -0.631. The minimum Gasteiger partial charge on any atom is -0.259 e. The maximum absolute atomic E-state index is 12.9. The molecule has 0 bridgehead atoms. The number of hydrogen-bond donors (Lipinski definition) is 0. The zero-order valence-corrected chi connectivity index (χ0v) is 7.90. The summed E-state index contributed by atoms with van der Waals surface area (Å²) in [6.45, 7) is 1.33. The Labute approximate surface area is 85.4 Å². The van der Waals surface area contributed by atoms with Crippen molar-refractivity contribution in [3.05, 3.63) is 51.0 Å². The zero-order valence-electron chi connectivity index (χ0n) is 7.90. The van der Waals surface area contributed by atoms with Crippen LogP contribution in [0.4, 0.5) is 4.39 Å². The first-order valence-electron chi connectivity index (χ1n) is 4.07. The normalized spacial score (nSPS) is 10.9. The molecule has 0 aliphatic heterocycles. The molecule has 0 aliphatic rings. The van der Waals surface area contributed by atoms with Crippen LogP contribution in [0, 0.1) is 27.3 Å². The average molecular weight is 206 g/mol. The molecule has 0 saturated carbocycles. The van der Waals surface area contributed by atoms with Crippen LogP contribution in [0.2, 0.25) is 0 Å². The Kier molecular flexibility index (Phi) is 3.13. The molecule has 1 rings (SSSR count). The van der Waals surface area contributed by atoms with E-state index in [1.807, 2.05) is 0 Å². The molecule has 1 aromatic carbocycles. The van der Waals surface area contributed by atoms with Crippen molar-refractivity contribution in [1.29, 1.82) is 5.26 Å². The maximum atomic E-state index is 12.9. The van der Waals surface area contributed by atoms with Gasteiger partial charge in [-0.15, -0.1) is 0 Å². The predicted molar refractivity (Wildman–Crippen MR) is 51.8 cm³/mol. The van der Waals surface area contributed by atoms with Crippen LogP contribution in [0.3, 0.4) is 0 Å². The number of hydrogen-bond acceptors (Lipinski definition) is 3. The Hall–Kier alpha value is -2.22. The van der Waals surface area contributed by atoms with Crippen LogP contribution >= 0.6 is 0 Å². The smallest absolute Gasteiger partial charge is 0.243 e. The Morgan fingerprint density at radius 1 is 1.67 bits per heavy atom. The number of benzene rings is 1. The van der Waals surface area contributed by atoms with Gasteiger partial charge in [0.2, 0.25) is 5.70 Å². The third kappa shape index (κ3) is 2.61. The van der Waals surface area contributed by atoms with Gasteiger partial charge in [-0.1, -0.05) is 6.07 Å². The molecule has 0 radical (unpaired) electrons. The molecule has 0 unspecified atom stereocenters. The summed E-state index contributed by atoms with van der Waals surface area (Å²) < 4.78 is 12.9. The number of nitro groups is 1. The Bertz CT molecular complexity index is 475. The van der Waals surface area contributed by atoms with E-state index in [9.17, 15) is 14.5 Å². The molecule has 0 saturated heterocycles. The highest BCUT2D eigenvalue weighted by Gasteiger charge is 2.05. The number of nitriles is 1. The minimum absolute atomic E-state index is 0.0644. The predicted octanol–water partition coefficient (Wildman–Crippen LogP) is 2.33. The van der Waals surface area contributed by atoms with E-state index in [0.29, 0.717) is 5.56 Å². The highest BCUT2D eigenvalue weighted by atomic mass is 19.1. The van der Waals surface area contributed by atoms with Crippen LogP contribution in [-0.2, 0) is 0 Å². The van der Waals surface area contributed by atoms with Crippen LogP contribution in [0.5, 0.6) is 0 Å². The topological polar surface area (TPSA) is 66.9 Å². The molecule has 15 heavy (non-hydrogen) atoms. The molecule has 1 aromatic rings. The van der Waals surface area contributed by atoms with E-state index in [-0.39, 0.29) is 11.3 Å². The lowest BCUT2D eigenvalue weighted by atomic mass is 10.1. The van der Waals surface area contributed by atoms with Crippen LogP contribution in [0.15, 0.2) is 23.9 Å². The van der Waals surface area contributed by atoms with E-state index in [2.05, 4.69) is 0 Å². The molecule has 0 aromatic heterocycles. The number of allylic oxidation sites excluding steroid dienone is 1. The molecule has 4 nitrogen and oxygen atoms in total. The molecule has 0 heterocycles. The van der Waals surface area contributed by atoms with Gasteiger partial charge in [0.1, 0.15) is 11.9 Å². The van der Waals surface area contributed by atoms with Crippen molar-refractivity contribution >= 4 is 6.08 Å². The van der Waals surface area contributed by atoms with E-state index in [1.165, 1.54) is 25.1 Å². The first-order valence-corrected chi connectivity index (χ1v) is 4.07. The van der Waals surface area contributed by atoms with Crippen molar-refractivity contribution in [2.45, 2.75) is 6.92 Å². The first-order chi connectivity index (χ1) is 7.04. The van der Waals surface area contributed by atoms with Crippen LogP contribution < -0.4 is 0 Å². The highest BCUT2D eigenvalue weighted by molar-refractivity contribution is 5.53. The fourth-order valence-electron chi connectivity index (χ4n) is 1.01. The van der Waals surface area contributed by atoms with E-state index in [4.69, 9.17) is 5.26 Å². The van der Waals surface area contributed by atoms with Gasteiger partial charge in [-0.2, -0.15) is 5.26 Å². The summed E-state index contributed by atoms with van der Waals surface area (Å²) in [7, 11) is 0. The van der Waals surface area contributed by atoms with Crippen LogP contribution in [-0.4, -0.2) is 4.92 Å². The van der Waals surface area contributed by atoms with Crippen molar-refractivity contribution in [3.8, 4) is 6.07 Å².